The topological polar surface area (TPSA) is 261 Å². The molecule has 0 saturated heterocycles. The standard InChI is InChI=1S/C22H19ClN2O3S.C19H20O2S.C12H17NOS.C11H6BrClO3.C8H5NOS.C8H11NO.CH3O.Na/c1-12(2)27-18-9-4-6-13(3)19(18)25-22-24-17(11-29-22)15-10-14-7-5-8-16(23)20(14)28-21(15)26;1-14(2)21-19-11-7-6-10-16(19)12-17(22)13-18(20)15-8-4-3-5-9-15;1-8(2)14-11-6-4-5-9(3)10(11)7-12(13)15;12-5-9(14)7-4-6-2-1-3-8(13)10(6)16-11(7)15;10-8(9-6-11)7-4-2-1-3-5-7;1-6-4-3-5-7(10-2)8(6)9;1-2;/h4-12H,1-3H3,(H,24,25);3-11,14H,12-13H2,1-2H3;4-6,8H,7H2,1-3H3,(H2,13,15);1-4H,5H2;1-5H;3-5H,9H2,1-2H3;1H3;/q;;;;;;-1;+1. The number of ketones is 2. The minimum Gasteiger partial charge on any atom is -0.857 e. The summed E-state index contributed by atoms with van der Waals surface area (Å²) in [6, 6.07) is 57.1. The number of anilines is 3. The fraction of sp³-hybridized carbons (Fsp3) is 0.222. The number of fused-ring (bicyclic) bond motifs is 2. The molecule has 106 heavy (non-hydrogen) atoms. The maximum atomic E-state index is 12.5. The van der Waals surface area contributed by atoms with Crippen LogP contribution in [0.1, 0.15) is 107 Å². The van der Waals surface area contributed by atoms with E-state index in [1.54, 1.807) is 61.7 Å². The largest absolute Gasteiger partial charge is 1.00 e. The van der Waals surface area contributed by atoms with Crippen LogP contribution in [0.3, 0.4) is 0 Å². The van der Waals surface area contributed by atoms with Crippen molar-refractivity contribution in [3.05, 3.63) is 269 Å². The molecule has 1 amide bonds. The smallest absolute Gasteiger partial charge is 0.857 e. The number of alkyl halides is 1. The van der Waals surface area contributed by atoms with Gasteiger partial charge in [0.25, 0.3) is 5.91 Å². The number of carbonyl (C=O) groups excluding carboxylic acids is 3. The van der Waals surface area contributed by atoms with Crippen molar-refractivity contribution in [2.24, 2.45) is 10.7 Å². The van der Waals surface area contributed by atoms with Crippen molar-refractivity contribution in [1.29, 1.82) is 0 Å². The van der Waals surface area contributed by atoms with Crippen LogP contribution in [0.4, 0.5) is 16.5 Å². The third-order valence-corrected chi connectivity index (χ3v) is 16.8. The summed E-state index contributed by atoms with van der Waals surface area (Å²) < 4.78 is 32.9. The van der Waals surface area contributed by atoms with Gasteiger partial charge < -0.3 is 49.7 Å². The molecule has 548 valence electrons. The molecule has 11 rings (SSSR count). The van der Waals surface area contributed by atoms with Crippen molar-refractivity contribution in [2.45, 2.75) is 99.9 Å². The summed E-state index contributed by atoms with van der Waals surface area (Å²) in [4.78, 5) is 67.7. The number of hydrogen-bond donors (Lipinski definition) is 3. The van der Waals surface area contributed by atoms with Gasteiger partial charge in [-0.1, -0.05) is 191 Å². The zero-order chi connectivity index (χ0) is 77.3. The predicted octanol–water partition coefficient (Wildman–Crippen LogP) is 16.2. The quantitative estimate of drug-likeness (QED) is 0.0122. The number of methoxy groups -OCH3 is 1. The SMILES string of the molecule is CC(C)Oc1ccccc1CC(=S)CC(=O)c1ccccc1.COc1cccc(C)c1N.C[O-].Cc1cccc(OC(C)C)c1CC(N)=S.Cc1cccc(OC(C)C)c1Nc1nc(-c2cc3cccc(Cl)c3oc2=O)cs1.O=C(CBr)c1cc2cccc(Cl)c2oc1=O.O=C(N=C=S)c1ccccc1.[Na+]. The van der Waals surface area contributed by atoms with Crippen molar-refractivity contribution in [2.75, 3.05) is 30.6 Å². The van der Waals surface area contributed by atoms with Gasteiger partial charge in [-0.25, -0.2) is 14.6 Å². The third kappa shape index (κ3) is 28.6. The number of thiazole rings is 1. The zero-order valence-corrected chi connectivity index (χ0v) is 69.1. The molecule has 0 aliphatic heterocycles. The molecule has 25 heteroatoms. The van der Waals surface area contributed by atoms with Crippen LogP contribution in [-0.4, -0.2) is 75.3 Å². The summed E-state index contributed by atoms with van der Waals surface area (Å²) in [5.41, 5.74) is 20.0. The number of Topliss-reactive ketones (excluding diaryl/α,β-unsaturated/α-hetero) is 2. The second-order valence-corrected chi connectivity index (χ2v) is 26.9. The number of nitrogens with two attached hydrogens (primary N) is 2. The number of isothiocyanates is 1. The normalized spacial score (nSPS) is 10.1. The van der Waals surface area contributed by atoms with Crippen molar-refractivity contribution in [3.8, 4) is 34.3 Å². The molecule has 5 N–H and O–H groups in total. The molecule has 11 aromatic rings. The molecule has 0 spiro atoms. The zero-order valence-electron chi connectivity index (χ0n) is 60.8. The number of aryl methyl sites for hydroxylation is 3. The molecule has 0 fully saturated rings. The molecule has 3 aromatic heterocycles. The molecule has 17 nitrogen and oxygen atoms in total. The number of aromatic nitrogens is 1. The van der Waals surface area contributed by atoms with Gasteiger partial charge in [0.15, 0.2) is 27.9 Å². The van der Waals surface area contributed by atoms with Crippen molar-refractivity contribution < 1.29 is 76.8 Å². The van der Waals surface area contributed by atoms with Gasteiger partial charge in [-0.05, 0) is 157 Å². The fourth-order valence-corrected chi connectivity index (χ4v) is 11.5. The van der Waals surface area contributed by atoms with Crippen LogP contribution >= 0.6 is 87.1 Å². The third-order valence-electron chi connectivity index (χ3n) is 14.4. The molecule has 0 radical (unpaired) electrons. The van der Waals surface area contributed by atoms with E-state index in [4.69, 9.17) is 92.0 Å². The number of carbonyl (C=O) groups is 3. The molecule has 0 unspecified atom stereocenters. The molecule has 3 heterocycles. The Morgan fingerprint density at radius 1 is 0.632 bits per heavy atom. The summed E-state index contributed by atoms with van der Waals surface area (Å²) in [5.74, 6) is 2.64. The number of benzene rings is 8. The van der Waals surface area contributed by atoms with E-state index in [0.717, 1.165) is 74.0 Å². The van der Waals surface area contributed by atoms with E-state index >= 15 is 0 Å². The van der Waals surface area contributed by atoms with Gasteiger partial charge in [0, 0.05) is 57.0 Å². The first-order chi connectivity index (χ1) is 50.2. The molecule has 0 aliphatic rings. The van der Waals surface area contributed by atoms with Gasteiger partial charge >= 0.3 is 40.8 Å². The average Bonchev–Trinajstić information content (AvgIpc) is 1.40. The Kier molecular flexibility index (Phi) is 39.4. The van der Waals surface area contributed by atoms with E-state index in [2.05, 4.69) is 43.4 Å². The van der Waals surface area contributed by atoms with E-state index in [1.165, 1.54) is 23.0 Å². The van der Waals surface area contributed by atoms with Gasteiger partial charge in [0.2, 0.25) is 0 Å². The van der Waals surface area contributed by atoms with Gasteiger partial charge in [-0.2, -0.15) is 12.1 Å². The van der Waals surface area contributed by atoms with Gasteiger partial charge in [-0.3, -0.25) is 14.4 Å². The van der Waals surface area contributed by atoms with Crippen LogP contribution in [0.15, 0.2) is 217 Å². The summed E-state index contributed by atoms with van der Waals surface area (Å²) in [7, 11) is 2.37. The first-order valence-corrected chi connectivity index (χ1v) is 36.6. The number of para-hydroxylation sites is 5. The maximum Gasteiger partial charge on any atom is 1.00 e. The number of halogens is 3. The second-order valence-electron chi connectivity index (χ2n) is 23.4. The number of amides is 1. The Labute approximate surface area is 678 Å². The number of rotatable bonds is 20. The van der Waals surface area contributed by atoms with Crippen LogP contribution in [0.5, 0.6) is 23.0 Å². The predicted molar refractivity (Wildman–Crippen MR) is 440 cm³/mol. The number of aliphatic imine (C=N–C) groups is 1. The first-order valence-electron chi connectivity index (χ1n) is 32.6. The first kappa shape index (κ1) is 89.8. The number of hydrogen-bond acceptors (Lipinski definition) is 19. The van der Waals surface area contributed by atoms with Crippen LogP contribution < -0.4 is 81.6 Å². The minimum atomic E-state index is -0.662. The molecule has 0 aliphatic carbocycles. The molecule has 0 bridgehead atoms. The van der Waals surface area contributed by atoms with Crippen LogP contribution in [0.2, 0.25) is 10.0 Å². The number of thiocarbonyl (C=S) groups is 3. The van der Waals surface area contributed by atoms with Crippen molar-refractivity contribution >= 4 is 158 Å². The summed E-state index contributed by atoms with van der Waals surface area (Å²) in [5, 5.41) is 18.3. The number of ether oxygens (including phenoxy) is 4. The molecule has 0 saturated carbocycles. The Hall–Kier alpha value is -8.58. The van der Waals surface area contributed by atoms with E-state index in [9.17, 15) is 24.0 Å². The minimum absolute atomic E-state index is 0. The molecular weight excluding hydrogens is 1540 g/mol. The molecular formula is C81H81BrCl2N5NaO12S4. The van der Waals surface area contributed by atoms with Crippen LogP contribution in [-0.2, 0) is 12.8 Å². The van der Waals surface area contributed by atoms with Crippen molar-refractivity contribution in [1.82, 2.24) is 4.98 Å². The van der Waals surface area contributed by atoms with Gasteiger partial charge in [0.1, 0.15) is 28.6 Å². The Bertz CT molecular complexity index is 4920. The molecule has 0 atom stereocenters. The number of nitrogen functional groups attached to an aromatic ring is 1. The Morgan fingerprint density at radius 3 is 1.68 bits per heavy atom. The van der Waals surface area contributed by atoms with Crippen molar-refractivity contribution in [3.63, 3.8) is 0 Å². The monoisotopic (exact) mass is 1620 g/mol. The van der Waals surface area contributed by atoms with E-state index in [-0.39, 0.29) is 82.7 Å². The summed E-state index contributed by atoms with van der Waals surface area (Å²) >= 11 is 31.0. The second kappa shape index (κ2) is 46.5. The Balaban J connectivity index is 0.000000277. The summed E-state index contributed by atoms with van der Waals surface area (Å²) in [6.07, 6.45) is 1.80. The van der Waals surface area contributed by atoms with E-state index < -0.39 is 11.3 Å². The number of nitrogens with zero attached hydrogens (tertiary/aromatic N) is 2. The van der Waals surface area contributed by atoms with Gasteiger partial charge in [0.05, 0.1) is 73.6 Å². The van der Waals surface area contributed by atoms with Crippen LogP contribution in [0.25, 0.3) is 33.2 Å². The summed E-state index contributed by atoms with van der Waals surface area (Å²) in [6.45, 7) is 18.0. The molecule has 8 aromatic carbocycles. The van der Waals surface area contributed by atoms with E-state index in [1.807, 2.05) is 200 Å². The van der Waals surface area contributed by atoms with E-state index in [0.29, 0.717) is 71.9 Å². The number of nitrogens with one attached hydrogen (secondary N) is 1. The fourth-order valence-electron chi connectivity index (χ4n) is 9.54. The van der Waals surface area contributed by atoms with Crippen LogP contribution in [0, 0.1) is 20.8 Å². The van der Waals surface area contributed by atoms with Gasteiger partial charge in [-0.15, -0.1) is 11.3 Å². The Morgan fingerprint density at radius 2 is 1.12 bits per heavy atom. The average molecular weight is 1620 g/mol. The maximum absolute atomic E-state index is 12.5.